The minimum absolute atomic E-state index is 0.156. The van der Waals surface area contributed by atoms with Crippen LogP contribution in [0, 0.1) is 0 Å². The maximum Gasteiger partial charge on any atom is 0.264 e. The number of Topliss-reactive ketones (excluding diaryl/α,β-unsaturated/α-hetero) is 1. The standard InChI is InChI=1S/C17H15NO5/c1-23-11-7-5-10(6-8-11)18-14-3-2-4-15(19)12(14)9-13(16(18)20)17(21)22/h5-9H,2-4H2,1H3,(H,21,22)/p-1. The summed E-state index contributed by atoms with van der Waals surface area (Å²) in [6, 6.07) is 7.79. The molecule has 0 aliphatic heterocycles. The lowest BCUT2D eigenvalue weighted by Gasteiger charge is -2.22. The van der Waals surface area contributed by atoms with E-state index in [-0.39, 0.29) is 11.3 Å². The first-order valence-electron chi connectivity index (χ1n) is 7.21. The topological polar surface area (TPSA) is 88.4 Å². The SMILES string of the molecule is COc1ccc(-n2c3c(cc(C(=O)[O-])c2=O)C(=O)CCC3)cc1. The highest BCUT2D eigenvalue weighted by molar-refractivity contribution is 6.00. The van der Waals surface area contributed by atoms with Crippen molar-refractivity contribution in [2.24, 2.45) is 0 Å². The summed E-state index contributed by atoms with van der Waals surface area (Å²) >= 11 is 0. The average molecular weight is 312 g/mol. The lowest BCUT2D eigenvalue weighted by Crippen LogP contribution is -2.36. The van der Waals surface area contributed by atoms with Crippen molar-refractivity contribution in [2.45, 2.75) is 19.3 Å². The molecule has 6 heteroatoms. The van der Waals surface area contributed by atoms with Crippen molar-refractivity contribution in [1.82, 2.24) is 4.57 Å². The normalized spacial score (nSPS) is 13.5. The van der Waals surface area contributed by atoms with Gasteiger partial charge in [0.15, 0.2) is 5.78 Å². The molecule has 118 valence electrons. The second kappa shape index (κ2) is 5.72. The van der Waals surface area contributed by atoms with Crippen LogP contribution in [0.3, 0.4) is 0 Å². The van der Waals surface area contributed by atoms with E-state index in [2.05, 4.69) is 0 Å². The molecule has 1 aliphatic rings. The highest BCUT2D eigenvalue weighted by Crippen LogP contribution is 2.24. The highest BCUT2D eigenvalue weighted by Gasteiger charge is 2.24. The third-order valence-corrected chi connectivity index (χ3v) is 3.97. The number of carbonyl (C=O) groups excluding carboxylic acids is 2. The van der Waals surface area contributed by atoms with E-state index in [1.165, 1.54) is 11.7 Å². The van der Waals surface area contributed by atoms with Crippen LogP contribution < -0.4 is 15.4 Å². The molecule has 2 aromatic rings. The van der Waals surface area contributed by atoms with Crippen molar-refractivity contribution in [3.63, 3.8) is 0 Å². The van der Waals surface area contributed by atoms with Gasteiger partial charge in [-0.25, -0.2) is 0 Å². The summed E-state index contributed by atoms with van der Waals surface area (Å²) in [6.45, 7) is 0. The van der Waals surface area contributed by atoms with Gasteiger partial charge < -0.3 is 14.6 Å². The van der Waals surface area contributed by atoms with Crippen molar-refractivity contribution >= 4 is 11.8 Å². The zero-order valence-corrected chi connectivity index (χ0v) is 12.5. The first kappa shape index (κ1) is 15.0. The number of hydrogen-bond donors (Lipinski definition) is 0. The molecule has 0 unspecified atom stereocenters. The smallest absolute Gasteiger partial charge is 0.264 e. The van der Waals surface area contributed by atoms with E-state index < -0.39 is 17.1 Å². The molecule has 1 heterocycles. The number of nitrogens with zero attached hydrogens (tertiary/aromatic N) is 1. The van der Waals surface area contributed by atoms with Gasteiger partial charge in [0.2, 0.25) is 0 Å². The van der Waals surface area contributed by atoms with Crippen LogP contribution in [0.25, 0.3) is 5.69 Å². The molecule has 6 nitrogen and oxygen atoms in total. The minimum atomic E-state index is -1.58. The van der Waals surface area contributed by atoms with E-state index in [4.69, 9.17) is 4.74 Å². The molecule has 0 fully saturated rings. The molecule has 0 amide bonds. The molecular weight excluding hydrogens is 298 g/mol. The number of ketones is 1. The summed E-state index contributed by atoms with van der Waals surface area (Å²) in [7, 11) is 1.53. The molecule has 0 bridgehead atoms. The van der Waals surface area contributed by atoms with Gasteiger partial charge in [0.1, 0.15) is 5.75 Å². The average Bonchev–Trinajstić information content (AvgIpc) is 2.54. The zero-order chi connectivity index (χ0) is 16.6. The van der Waals surface area contributed by atoms with E-state index in [1.807, 2.05) is 0 Å². The van der Waals surface area contributed by atoms with E-state index in [9.17, 15) is 19.5 Å². The maximum absolute atomic E-state index is 12.5. The Labute approximate surface area is 131 Å². The molecule has 0 atom stereocenters. The van der Waals surface area contributed by atoms with Crippen molar-refractivity contribution in [3.05, 3.63) is 57.5 Å². The first-order valence-corrected chi connectivity index (χ1v) is 7.21. The summed E-state index contributed by atoms with van der Waals surface area (Å²) in [5, 5.41) is 11.2. The largest absolute Gasteiger partial charge is 0.545 e. The Balaban J connectivity index is 2.31. The first-order chi connectivity index (χ1) is 11.0. The Morgan fingerprint density at radius 1 is 1.17 bits per heavy atom. The second-order valence-corrected chi connectivity index (χ2v) is 5.32. The molecular formula is C17H14NO5-. The number of ether oxygens (including phenoxy) is 1. The molecule has 0 N–H and O–H groups in total. The molecule has 0 radical (unpaired) electrons. The van der Waals surface area contributed by atoms with Gasteiger partial charge in [-0.1, -0.05) is 0 Å². The Hall–Kier alpha value is -2.89. The molecule has 1 aromatic carbocycles. The number of fused-ring (bicyclic) bond motifs is 1. The Bertz CT molecular complexity index is 849. The predicted molar refractivity (Wildman–Crippen MR) is 80.2 cm³/mol. The Kier molecular flexibility index (Phi) is 3.73. The number of carboxylic acid groups (broad SMARTS) is 1. The monoisotopic (exact) mass is 312 g/mol. The van der Waals surface area contributed by atoms with Crippen LogP contribution >= 0.6 is 0 Å². The van der Waals surface area contributed by atoms with Crippen LogP contribution in [0.4, 0.5) is 0 Å². The number of carboxylic acids is 1. The Morgan fingerprint density at radius 2 is 1.87 bits per heavy atom. The van der Waals surface area contributed by atoms with Gasteiger partial charge in [0.05, 0.1) is 18.6 Å². The van der Waals surface area contributed by atoms with Gasteiger partial charge in [-0.3, -0.25) is 14.2 Å². The van der Waals surface area contributed by atoms with Gasteiger partial charge in [-0.2, -0.15) is 0 Å². The van der Waals surface area contributed by atoms with Crippen molar-refractivity contribution < 1.29 is 19.4 Å². The number of aromatic nitrogens is 1. The third-order valence-electron chi connectivity index (χ3n) is 3.97. The molecule has 1 aliphatic carbocycles. The molecule has 1 aromatic heterocycles. The van der Waals surface area contributed by atoms with Crippen molar-refractivity contribution in [1.29, 1.82) is 0 Å². The van der Waals surface area contributed by atoms with Crippen molar-refractivity contribution in [3.8, 4) is 11.4 Å². The van der Waals surface area contributed by atoms with Gasteiger partial charge in [-0.15, -0.1) is 0 Å². The van der Waals surface area contributed by atoms with Crippen molar-refractivity contribution in [2.75, 3.05) is 7.11 Å². The number of benzene rings is 1. The highest BCUT2D eigenvalue weighted by atomic mass is 16.5. The Morgan fingerprint density at radius 3 is 2.48 bits per heavy atom. The molecule has 0 spiro atoms. The number of carbonyl (C=O) groups is 2. The molecule has 3 rings (SSSR count). The summed E-state index contributed by atoms with van der Waals surface area (Å²) in [6.07, 6.45) is 1.52. The quantitative estimate of drug-likeness (QED) is 0.833. The number of rotatable bonds is 3. The molecule has 23 heavy (non-hydrogen) atoms. The molecule has 0 saturated carbocycles. The van der Waals surface area contributed by atoms with E-state index >= 15 is 0 Å². The van der Waals surface area contributed by atoms with Crippen LogP contribution in [-0.2, 0) is 6.42 Å². The number of pyridine rings is 1. The minimum Gasteiger partial charge on any atom is -0.545 e. The number of aromatic carboxylic acids is 1. The predicted octanol–water partition coefficient (Wildman–Crippen LogP) is 0.729. The van der Waals surface area contributed by atoms with Crippen LogP contribution in [0.2, 0.25) is 0 Å². The van der Waals surface area contributed by atoms with E-state index in [1.54, 1.807) is 24.3 Å². The van der Waals surface area contributed by atoms with E-state index in [0.717, 1.165) is 6.07 Å². The summed E-state index contributed by atoms with van der Waals surface area (Å²) in [5.41, 5.74) is 0.121. The molecule has 0 saturated heterocycles. The maximum atomic E-state index is 12.5. The second-order valence-electron chi connectivity index (χ2n) is 5.32. The number of methoxy groups -OCH3 is 1. The summed E-state index contributed by atoms with van der Waals surface area (Å²) < 4.78 is 6.37. The fourth-order valence-corrected chi connectivity index (χ4v) is 2.84. The zero-order valence-electron chi connectivity index (χ0n) is 12.5. The third kappa shape index (κ3) is 2.52. The van der Waals surface area contributed by atoms with Gasteiger partial charge in [0, 0.05) is 23.4 Å². The van der Waals surface area contributed by atoms with Crippen LogP contribution in [0.5, 0.6) is 5.75 Å². The lowest BCUT2D eigenvalue weighted by molar-refractivity contribution is -0.255. The van der Waals surface area contributed by atoms with Gasteiger partial charge in [0.25, 0.3) is 5.56 Å². The van der Waals surface area contributed by atoms with E-state index in [0.29, 0.717) is 36.4 Å². The lowest BCUT2D eigenvalue weighted by atomic mass is 9.93. The van der Waals surface area contributed by atoms with Gasteiger partial charge >= 0.3 is 0 Å². The van der Waals surface area contributed by atoms with Gasteiger partial charge in [-0.05, 0) is 43.2 Å². The fourth-order valence-electron chi connectivity index (χ4n) is 2.84. The van der Waals surface area contributed by atoms with Crippen LogP contribution in [0.15, 0.2) is 35.1 Å². The summed E-state index contributed by atoms with van der Waals surface area (Å²) in [5.74, 6) is -1.13. The summed E-state index contributed by atoms with van der Waals surface area (Å²) in [4.78, 5) is 35.9. The van der Waals surface area contributed by atoms with Crippen LogP contribution in [0.1, 0.15) is 39.3 Å². The van der Waals surface area contributed by atoms with Crippen LogP contribution in [-0.4, -0.2) is 23.4 Å². The number of hydrogen-bond acceptors (Lipinski definition) is 5. The fraction of sp³-hybridized carbons (Fsp3) is 0.235.